The van der Waals surface area contributed by atoms with Crippen molar-refractivity contribution in [2.24, 2.45) is 5.73 Å². The predicted molar refractivity (Wildman–Crippen MR) is 55.4 cm³/mol. The minimum Gasteiger partial charge on any atom is -0.399 e. The third-order valence-electron chi connectivity index (χ3n) is 2.91. The molecule has 1 saturated carbocycles. The largest absolute Gasteiger partial charge is 0.399 e. The van der Waals surface area contributed by atoms with E-state index >= 15 is 0 Å². The molecule has 70 valence electrons. The zero-order chi connectivity index (χ0) is 9.26. The fourth-order valence-electron chi connectivity index (χ4n) is 2.19. The van der Waals surface area contributed by atoms with Gasteiger partial charge in [-0.1, -0.05) is 18.6 Å². The van der Waals surface area contributed by atoms with Crippen LogP contribution >= 0.6 is 0 Å². The minimum atomic E-state index is 0.335. The molecule has 2 atom stereocenters. The Morgan fingerprint density at radius 3 is 2.69 bits per heavy atom. The van der Waals surface area contributed by atoms with Crippen LogP contribution in [0, 0.1) is 0 Å². The van der Waals surface area contributed by atoms with E-state index in [0.717, 1.165) is 12.1 Å². The van der Waals surface area contributed by atoms with Crippen molar-refractivity contribution < 1.29 is 0 Å². The molecule has 4 N–H and O–H groups in total. The lowest BCUT2D eigenvalue weighted by molar-refractivity contribution is 0.613. The smallest absolute Gasteiger partial charge is 0.0316 e. The number of hydrogen-bond acceptors (Lipinski definition) is 2. The van der Waals surface area contributed by atoms with E-state index in [9.17, 15) is 0 Å². The van der Waals surface area contributed by atoms with Crippen molar-refractivity contribution in [1.29, 1.82) is 0 Å². The summed E-state index contributed by atoms with van der Waals surface area (Å²) in [5.74, 6) is 0.531. The zero-order valence-electron chi connectivity index (χ0n) is 7.74. The molecule has 0 heterocycles. The van der Waals surface area contributed by atoms with Crippen LogP contribution in [0.15, 0.2) is 24.3 Å². The predicted octanol–water partition coefficient (Wildman–Crippen LogP) is 1.86. The number of nitrogen functional groups attached to an aromatic ring is 1. The maximum absolute atomic E-state index is 6.02. The Morgan fingerprint density at radius 2 is 2.08 bits per heavy atom. The lowest BCUT2D eigenvalue weighted by atomic mass is 9.94. The van der Waals surface area contributed by atoms with Crippen LogP contribution in [0.25, 0.3) is 0 Å². The molecule has 1 aliphatic carbocycles. The van der Waals surface area contributed by atoms with Crippen LogP contribution in [-0.2, 0) is 0 Å². The van der Waals surface area contributed by atoms with E-state index in [2.05, 4.69) is 12.1 Å². The molecule has 2 nitrogen and oxygen atoms in total. The summed E-state index contributed by atoms with van der Waals surface area (Å²) < 4.78 is 0. The first-order valence-corrected chi connectivity index (χ1v) is 4.88. The SMILES string of the molecule is Nc1cccc([C@H]2CCC[C@@H]2N)c1. The second-order valence-electron chi connectivity index (χ2n) is 3.87. The fourth-order valence-corrected chi connectivity index (χ4v) is 2.19. The zero-order valence-corrected chi connectivity index (χ0v) is 7.74. The second kappa shape index (κ2) is 3.38. The minimum absolute atomic E-state index is 0.335. The van der Waals surface area contributed by atoms with Gasteiger partial charge in [-0.15, -0.1) is 0 Å². The van der Waals surface area contributed by atoms with Crippen molar-refractivity contribution in [3.05, 3.63) is 29.8 Å². The van der Waals surface area contributed by atoms with Gasteiger partial charge in [0.2, 0.25) is 0 Å². The molecule has 1 aromatic carbocycles. The number of nitrogens with two attached hydrogens (primary N) is 2. The van der Waals surface area contributed by atoms with Gasteiger partial charge in [0.05, 0.1) is 0 Å². The first kappa shape index (κ1) is 8.57. The summed E-state index contributed by atoms with van der Waals surface area (Å²) in [6.45, 7) is 0. The normalized spacial score (nSPS) is 27.8. The van der Waals surface area contributed by atoms with E-state index in [-0.39, 0.29) is 0 Å². The molecule has 0 aliphatic heterocycles. The average Bonchev–Trinajstić information content (AvgIpc) is 2.51. The Bertz CT molecular complexity index is 296. The van der Waals surface area contributed by atoms with Gasteiger partial charge in [0.15, 0.2) is 0 Å². The summed E-state index contributed by atoms with van der Waals surface area (Å²) in [4.78, 5) is 0. The van der Waals surface area contributed by atoms with E-state index in [1.807, 2.05) is 12.1 Å². The molecule has 1 aromatic rings. The number of rotatable bonds is 1. The molecule has 13 heavy (non-hydrogen) atoms. The summed E-state index contributed by atoms with van der Waals surface area (Å²) in [5.41, 5.74) is 13.9. The molecule has 0 bridgehead atoms. The number of benzene rings is 1. The van der Waals surface area contributed by atoms with Gasteiger partial charge < -0.3 is 11.5 Å². The van der Waals surface area contributed by atoms with Crippen molar-refractivity contribution in [2.75, 3.05) is 5.73 Å². The highest BCUT2D eigenvalue weighted by Gasteiger charge is 2.25. The molecular weight excluding hydrogens is 160 g/mol. The van der Waals surface area contributed by atoms with Gasteiger partial charge in [0, 0.05) is 11.7 Å². The average molecular weight is 176 g/mol. The van der Waals surface area contributed by atoms with E-state index in [1.54, 1.807) is 0 Å². The van der Waals surface area contributed by atoms with Crippen LogP contribution in [0.4, 0.5) is 5.69 Å². The lowest BCUT2D eigenvalue weighted by Crippen LogP contribution is -2.22. The third kappa shape index (κ3) is 1.68. The van der Waals surface area contributed by atoms with Crippen molar-refractivity contribution in [2.45, 2.75) is 31.2 Å². The molecule has 2 heteroatoms. The number of anilines is 1. The van der Waals surface area contributed by atoms with Crippen molar-refractivity contribution in [3.8, 4) is 0 Å². The molecule has 1 aliphatic rings. The first-order valence-electron chi connectivity index (χ1n) is 4.88. The van der Waals surface area contributed by atoms with Crippen LogP contribution in [0.3, 0.4) is 0 Å². The Balaban J connectivity index is 2.24. The third-order valence-corrected chi connectivity index (χ3v) is 2.91. The van der Waals surface area contributed by atoms with Crippen LogP contribution in [0.2, 0.25) is 0 Å². The van der Waals surface area contributed by atoms with Crippen LogP contribution < -0.4 is 11.5 Å². The summed E-state index contributed by atoms with van der Waals surface area (Å²) in [6, 6.07) is 8.45. The molecule has 0 unspecified atom stereocenters. The monoisotopic (exact) mass is 176 g/mol. The Kier molecular flexibility index (Phi) is 2.23. The molecule has 0 saturated heterocycles. The molecule has 0 radical (unpaired) electrons. The van der Waals surface area contributed by atoms with Crippen molar-refractivity contribution in [3.63, 3.8) is 0 Å². The topological polar surface area (TPSA) is 52.0 Å². The summed E-state index contributed by atoms with van der Waals surface area (Å²) in [7, 11) is 0. The quantitative estimate of drug-likeness (QED) is 0.642. The Hall–Kier alpha value is -1.02. The van der Waals surface area contributed by atoms with Gasteiger partial charge in [-0.2, -0.15) is 0 Å². The summed E-state index contributed by atoms with van der Waals surface area (Å²) in [6.07, 6.45) is 3.62. The molecule has 2 rings (SSSR count). The van der Waals surface area contributed by atoms with Crippen molar-refractivity contribution >= 4 is 5.69 Å². The van der Waals surface area contributed by atoms with E-state index < -0.39 is 0 Å². The Labute approximate surface area is 78.9 Å². The number of hydrogen-bond donors (Lipinski definition) is 2. The molecule has 0 aromatic heterocycles. The van der Waals surface area contributed by atoms with Gasteiger partial charge in [0.1, 0.15) is 0 Å². The van der Waals surface area contributed by atoms with Gasteiger partial charge in [0.25, 0.3) is 0 Å². The lowest BCUT2D eigenvalue weighted by Gasteiger charge is -2.15. The van der Waals surface area contributed by atoms with Gasteiger partial charge in [-0.3, -0.25) is 0 Å². The van der Waals surface area contributed by atoms with Crippen LogP contribution in [0.5, 0.6) is 0 Å². The van der Waals surface area contributed by atoms with Gasteiger partial charge in [-0.05, 0) is 36.5 Å². The van der Waals surface area contributed by atoms with E-state index in [0.29, 0.717) is 12.0 Å². The standard InChI is InChI=1S/C11H16N2/c12-9-4-1-3-8(7-9)10-5-2-6-11(10)13/h1,3-4,7,10-11H,2,5-6,12-13H2/t10-,11+/m1/s1. The van der Waals surface area contributed by atoms with Gasteiger partial charge in [-0.25, -0.2) is 0 Å². The van der Waals surface area contributed by atoms with E-state index in [1.165, 1.54) is 18.4 Å². The first-order chi connectivity index (χ1) is 6.27. The van der Waals surface area contributed by atoms with Crippen molar-refractivity contribution in [1.82, 2.24) is 0 Å². The highest BCUT2D eigenvalue weighted by atomic mass is 14.7. The highest BCUT2D eigenvalue weighted by Crippen LogP contribution is 2.33. The molecule has 1 fully saturated rings. The molecule has 0 amide bonds. The fraction of sp³-hybridized carbons (Fsp3) is 0.455. The van der Waals surface area contributed by atoms with Crippen LogP contribution in [0.1, 0.15) is 30.7 Å². The Morgan fingerprint density at radius 1 is 1.23 bits per heavy atom. The summed E-state index contributed by atoms with van der Waals surface area (Å²) >= 11 is 0. The maximum atomic E-state index is 6.02. The van der Waals surface area contributed by atoms with E-state index in [4.69, 9.17) is 11.5 Å². The maximum Gasteiger partial charge on any atom is 0.0316 e. The van der Waals surface area contributed by atoms with Crippen LogP contribution in [-0.4, -0.2) is 6.04 Å². The summed E-state index contributed by atoms with van der Waals surface area (Å²) in [5, 5.41) is 0. The molecule has 0 spiro atoms. The highest BCUT2D eigenvalue weighted by molar-refractivity contribution is 5.42. The molecular formula is C11H16N2. The van der Waals surface area contributed by atoms with Gasteiger partial charge >= 0.3 is 0 Å². The second-order valence-corrected chi connectivity index (χ2v) is 3.87.